The molecule has 0 spiro atoms. The number of carbonyl (C=O) groups is 1. The van der Waals surface area contributed by atoms with Crippen molar-refractivity contribution in [2.75, 3.05) is 18.6 Å². The molecule has 0 aromatic heterocycles. The molecular formula is C11H22N2O2S. The van der Waals surface area contributed by atoms with Gasteiger partial charge in [-0.05, 0) is 12.3 Å². The minimum atomic E-state index is -0.840. The average Bonchev–Trinajstić information content (AvgIpc) is 2.52. The standard InChI is InChI=1S/C11H22N2O2S/c1-5-9-11(14)13(6-7-16(4)15)10(12-9)8(2)3/h8-10,12H,5-7H2,1-4H3. The molecule has 1 rings (SSSR count). The summed E-state index contributed by atoms with van der Waals surface area (Å²) >= 11 is 0. The van der Waals surface area contributed by atoms with Gasteiger partial charge in [0.15, 0.2) is 0 Å². The first kappa shape index (κ1) is 13.6. The van der Waals surface area contributed by atoms with E-state index in [0.29, 0.717) is 18.2 Å². The first-order valence-electron chi connectivity index (χ1n) is 5.84. The highest BCUT2D eigenvalue weighted by Crippen LogP contribution is 2.18. The molecule has 1 aliphatic rings. The first-order valence-corrected chi connectivity index (χ1v) is 7.56. The van der Waals surface area contributed by atoms with Gasteiger partial charge in [-0.15, -0.1) is 0 Å². The van der Waals surface area contributed by atoms with Crippen molar-refractivity contribution in [3.63, 3.8) is 0 Å². The van der Waals surface area contributed by atoms with Gasteiger partial charge in [-0.2, -0.15) is 0 Å². The number of hydrogen-bond acceptors (Lipinski definition) is 3. The van der Waals surface area contributed by atoms with Crippen LogP contribution >= 0.6 is 0 Å². The lowest BCUT2D eigenvalue weighted by atomic mass is 10.1. The number of rotatable bonds is 5. The molecule has 3 atom stereocenters. The maximum Gasteiger partial charge on any atom is 0.241 e. The van der Waals surface area contributed by atoms with Crippen LogP contribution in [0.4, 0.5) is 0 Å². The van der Waals surface area contributed by atoms with E-state index in [9.17, 15) is 9.00 Å². The molecule has 0 aromatic carbocycles. The molecule has 0 radical (unpaired) electrons. The van der Waals surface area contributed by atoms with E-state index >= 15 is 0 Å². The van der Waals surface area contributed by atoms with Crippen LogP contribution in [0.25, 0.3) is 0 Å². The highest BCUT2D eigenvalue weighted by Gasteiger charge is 2.38. The molecule has 94 valence electrons. The highest BCUT2D eigenvalue weighted by molar-refractivity contribution is 7.84. The second-order valence-electron chi connectivity index (χ2n) is 4.63. The molecule has 16 heavy (non-hydrogen) atoms. The Morgan fingerprint density at radius 1 is 1.50 bits per heavy atom. The Hall–Kier alpha value is -0.420. The molecule has 1 N–H and O–H groups in total. The van der Waals surface area contributed by atoms with E-state index in [4.69, 9.17) is 0 Å². The monoisotopic (exact) mass is 246 g/mol. The zero-order chi connectivity index (χ0) is 12.3. The van der Waals surface area contributed by atoms with Gasteiger partial charge in [-0.1, -0.05) is 20.8 Å². The fourth-order valence-corrected chi connectivity index (χ4v) is 2.48. The Morgan fingerprint density at radius 2 is 2.12 bits per heavy atom. The van der Waals surface area contributed by atoms with Crippen LogP contribution in [0.5, 0.6) is 0 Å². The number of hydrogen-bond donors (Lipinski definition) is 1. The number of nitrogens with one attached hydrogen (secondary N) is 1. The summed E-state index contributed by atoms with van der Waals surface area (Å²) in [6.45, 7) is 6.79. The van der Waals surface area contributed by atoms with Crippen molar-refractivity contribution in [1.29, 1.82) is 0 Å². The van der Waals surface area contributed by atoms with Crippen molar-refractivity contribution >= 4 is 16.7 Å². The molecule has 1 fully saturated rings. The predicted octanol–water partition coefficient (Wildman–Crippen LogP) is 0.557. The Morgan fingerprint density at radius 3 is 2.56 bits per heavy atom. The van der Waals surface area contributed by atoms with E-state index in [2.05, 4.69) is 19.2 Å². The third-order valence-electron chi connectivity index (χ3n) is 2.95. The van der Waals surface area contributed by atoms with Gasteiger partial charge in [-0.3, -0.25) is 14.3 Å². The van der Waals surface area contributed by atoms with Crippen molar-refractivity contribution in [1.82, 2.24) is 10.2 Å². The maximum absolute atomic E-state index is 12.0. The Bertz CT molecular complexity index is 281. The Balaban J connectivity index is 2.68. The maximum atomic E-state index is 12.0. The average molecular weight is 246 g/mol. The van der Waals surface area contributed by atoms with Crippen molar-refractivity contribution < 1.29 is 9.00 Å². The molecular weight excluding hydrogens is 224 g/mol. The molecule has 1 aliphatic heterocycles. The van der Waals surface area contributed by atoms with Gasteiger partial charge in [0.05, 0.1) is 12.2 Å². The zero-order valence-electron chi connectivity index (χ0n) is 10.5. The van der Waals surface area contributed by atoms with Crippen molar-refractivity contribution in [2.45, 2.75) is 39.4 Å². The molecule has 4 nitrogen and oxygen atoms in total. The van der Waals surface area contributed by atoms with E-state index in [1.54, 1.807) is 6.26 Å². The van der Waals surface area contributed by atoms with Crippen LogP contribution < -0.4 is 5.32 Å². The van der Waals surface area contributed by atoms with Crippen molar-refractivity contribution in [3.8, 4) is 0 Å². The highest BCUT2D eigenvalue weighted by atomic mass is 32.2. The molecule has 5 heteroatoms. The smallest absolute Gasteiger partial charge is 0.241 e. The fraction of sp³-hybridized carbons (Fsp3) is 0.909. The van der Waals surface area contributed by atoms with Gasteiger partial charge in [0.25, 0.3) is 0 Å². The lowest BCUT2D eigenvalue weighted by Crippen LogP contribution is -2.43. The predicted molar refractivity (Wildman–Crippen MR) is 66.5 cm³/mol. The summed E-state index contributed by atoms with van der Waals surface area (Å²) in [7, 11) is -0.840. The summed E-state index contributed by atoms with van der Waals surface area (Å²) in [4.78, 5) is 13.9. The minimum Gasteiger partial charge on any atom is -0.325 e. The third-order valence-corrected chi connectivity index (χ3v) is 3.71. The summed E-state index contributed by atoms with van der Waals surface area (Å²) in [5.41, 5.74) is 0. The van der Waals surface area contributed by atoms with E-state index in [1.165, 1.54) is 0 Å². The van der Waals surface area contributed by atoms with E-state index < -0.39 is 10.8 Å². The van der Waals surface area contributed by atoms with Gasteiger partial charge < -0.3 is 4.90 Å². The molecule has 0 aromatic rings. The summed E-state index contributed by atoms with van der Waals surface area (Å²) < 4.78 is 11.1. The van der Waals surface area contributed by atoms with Crippen LogP contribution in [0.3, 0.4) is 0 Å². The lowest BCUT2D eigenvalue weighted by Gasteiger charge is -2.26. The fourth-order valence-electron chi connectivity index (χ4n) is 2.03. The lowest BCUT2D eigenvalue weighted by molar-refractivity contribution is -0.130. The molecule has 1 saturated heterocycles. The van der Waals surface area contributed by atoms with Gasteiger partial charge in [-0.25, -0.2) is 0 Å². The van der Waals surface area contributed by atoms with Crippen LogP contribution in [0.1, 0.15) is 27.2 Å². The van der Waals surface area contributed by atoms with Crippen LogP contribution in [0.15, 0.2) is 0 Å². The van der Waals surface area contributed by atoms with Gasteiger partial charge >= 0.3 is 0 Å². The quantitative estimate of drug-likeness (QED) is 0.771. The Kier molecular flexibility index (Phi) is 4.92. The first-order chi connectivity index (χ1) is 7.47. The molecule has 1 heterocycles. The van der Waals surface area contributed by atoms with E-state index in [-0.39, 0.29) is 18.1 Å². The van der Waals surface area contributed by atoms with Crippen LogP contribution in [-0.4, -0.2) is 45.8 Å². The SMILES string of the molecule is CCC1NC(C(C)C)N(CCS(C)=O)C1=O. The molecule has 1 amide bonds. The van der Waals surface area contributed by atoms with Crippen LogP contribution in [0.2, 0.25) is 0 Å². The molecule has 0 bridgehead atoms. The van der Waals surface area contributed by atoms with Crippen LogP contribution in [0, 0.1) is 5.92 Å². The van der Waals surface area contributed by atoms with E-state index in [1.807, 2.05) is 11.8 Å². The van der Waals surface area contributed by atoms with Gasteiger partial charge in [0.1, 0.15) is 0 Å². The number of carbonyl (C=O) groups excluding carboxylic acids is 1. The summed E-state index contributed by atoms with van der Waals surface area (Å²) in [5, 5.41) is 3.34. The number of nitrogens with zero attached hydrogens (tertiary/aromatic N) is 1. The zero-order valence-corrected chi connectivity index (χ0v) is 11.3. The normalized spacial score (nSPS) is 27.8. The molecule has 3 unspecified atom stereocenters. The second-order valence-corrected chi connectivity index (χ2v) is 6.18. The van der Waals surface area contributed by atoms with Gasteiger partial charge in [0.2, 0.25) is 5.91 Å². The van der Waals surface area contributed by atoms with Crippen LogP contribution in [-0.2, 0) is 15.6 Å². The summed E-state index contributed by atoms with van der Waals surface area (Å²) in [6.07, 6.45) is 2.59. The third kappa shape index (κ3) is 3.04. The summed E-state index contributed by atoms with van der Waals surface area (Å²) in [6, 6.07) is -0.0577. The number of amides is 1. The summed E-state index contributed by atoms with van der Waals surface area (Å²) in [5.74, 6) is 1.10. The largest absolute Gasteiger partial charge is 0.325 e. The van der Waals surface area contributed by atoms with Crippen molar-refractivity contribution in [2.24, 2.45) is 5.92 Å². The minimum absolute atomic E-state index is 0.0577. The van der Waals surface area contributed by atoms with Crippen molar-refractivity contribution in [3.05, 3.63) is 0 Å². The Labute approximate surface area is 100 Å². The topological polar surface area (TPSA) is 49.4 Å². The second kappa shape index (κ2) is 5.77. The van der Waals surface area contributed by atoms with E-state index in [0.717, 1.165) is 6.42 Å². The molecule has 0 aliphatic carbocycles. The molecule has 0 saturated carbocycles. The van der Waals surface area contributed by atoms with Gasteiger partial charge in [0, 0.05) is 29.4 Å².